The van der Waals surface area contributed by atoms with E-state index in [-0.39, 0.29) is 5.76 Å². The van der Waals surface area contributed by atoms with Crippen molar-refractivity contribution in [2.75, 3.05) is 25.1 Å². The van der Waals surface area contributed by atoms with Crippen molar-refractivity contribution >= 4 is 67.3 Å². The first-order chi connectivity index (χ1) is 14.5. The summed E-state index contributed by atoms with van der Waals surface area (Å²) in [5.41, 5.74) is 5.15. The summed E-state index contributed by atoms with van der Waals surface area (Å²) in [5.74, 6) is 0.531. The number of hydrazone groups is 1. The molecule has 0 spiro atoms. The second kappa shape index (κ2) is 9.38. The molecule has 156 valence electrons. The Hall–Kier alpha value is -2.07. The van der Waals surface area contributed by atoms with E-state index in [1.165, 1.54) is 19.3 Å². The number of fused-ring (bicyclic) bond motifs is 1. The third kappa shape index (κ3) is 4.64. The molecule has 0 atom stereocenters. The fourth-order valence-electron chi connectivity index (χ4n) is 3.56. The van der Waals surface area contributed by atoms with Gasteiger partial charge in [-0.25, -0.2) is 5.43 Å². The fraction of sp³-hybridized carbons (Fsp3) is 0.273. The molecule has 6 nitrogen and oxygen atoms in total. The summed E-state index contributed by atoms with van der Waals surface area (Å²) in [4.78, 5) is 14.8. The van der Waals surface area contributed by atoms with Crippen molar-refractivity contribution < 1.29 is 13.9 Å². The van der Waals surface area contributed by atoms with Gasteiger partial charge in [-0.2, -0.15) is 5.10 Å². The maximum atomic E-state index is 12.4. The minimum Gasteiger partial charge on any atom is -0.496 e. The number of furan rings is 1. The Balaban J connectivity index is 1.47. The Morgan fingerprint density at radius 3 is 2.80 bits per heavy atom. The van der Waals surface area contributed by atoms with Gasteiger partial charge in [0.1, 0.15) is 11.3 Å². The van der Waals surface area contributed by atoms with Crippen LogP contribution in [0.1, 0.15) is 35.4 Å². The number of hydrogen-bond donors (Lipinski definition) is 1. The molecule has 2 aromatic carbocycles. The third-order valence-corrected chi connectivity index (χ3v) is 6.33. The first kappa shape index (κ1) is 21.2. The van der Waals surface area contributed by atoms with Crippen LogP contribution in [-0.4, -0.2) is 32.3 Å². The molecule has 1 amide bonds. The summed E-state index contributed by atoms with van der Waals surface area (Å²) in [7, 11) is 1.64. The van der Waals surface area contributed by atoms with Crippen LogP contribution < -0.4 is 15.1 Å². The summed E-state index contributed by atoms with van der Waals surface area (Å²) in [6.45, 7) is 2.14. The van der Waals surface area contributed by atoms with E-state index < -0.39 is 5.91 Å². The van der Waals surface area contributed by atoms with Gasteiger partial charge in [-0.05, 0) is 72.2 Å². The van der Waals surface area contributed by atoms with Crippen LogP contribution in [0.5, 0.6) is 5.75 Å². The maximum absolute atomic E-state index is 12.4. The summed E-state index contributed by atoms with van der Waals surface area (Å²) < 4.78 is 13.1. The molecule has 30 heavy (non-hydrogen) atoms. The van der Waals surface area contributed by atoms with Crippen LogP contribution in [0, 0.1) is 3.57 Å². The van der Waals surface area contributed by atoms with Crippen molar-refractivity contribution in [2.45, 2.75) is 19.3 Å². The monoisotopic (exact) mass is 581 g/mol. The van der Waals surface area contributed by atoms with E-state index in [0.29, 0.717) is 5.58 Å². The van der Waals surface area contributed by atoms with E-state index >= 15 is 0 Å². The van der Waals surface area contributed by atoms with Crippen LogP contribution in [0.25, 0.3) is 11.0 Å². The number of carbonyl (C=O) groups is 1. The SMILES string of the molecule is COc1cc(N2CCCCC2)ccc1/C=N\NC(=O)c1cc2cc(Br)cc(I)c2o1. The molecule has 2 heterocycles. The highest BCUT2D eigenvalue weighted by atomic mass is 127. The van der Waals surface area contributed by atoms with Crippen molar-refractivity contribution in [1.29, 1.82) is 0 Å². The second-order valence-electron chi connectivity index (χ2n) is 7.09. The molecule has 8 heteroatoms. The minimum atomic E-state index is -0.404. The number of rotatable bonds is 5. The lowest BCUT2D eigenvalue weighted by molar-refractivity contribution is 0.0929. The predicted molar refractivity (Wildman–Crippen MR) is 131 cm³/mol. The van der Waals surface area contributed by atoms with Crippen LogP contribution >= 0.6 is 38.5 Å². The first-order valence-corrected chi connectivity index (χ1v) is 11.6. The van der Waals surface area contributed by atoms with E-state index in [1.807, 2.05) is 24.3 Å². The number of piperidine rings is 1. The molecule has 0 unspecified atom stereocenters. The van der Waals surface area contributed by atoms with Crippen molar-refractivity contribution in [3.63, 3.8) is 0 Å². The summed E-state index contributed by atoms with van der Waals surface area (Å²) in [6.07, 6.45) is 5.31. The molecule has 1 N–H and O–H groups in total. The quantitative estimate of drug-likeness (QED) is 0.243. The summed E-state index contributed by atoms with van der Waals surface area (Å²) >= 11 is 5.64. The van der Waals surface area contributed by atoms with Crippen molar-refractivity contribution in [3.8, 4) is 5.75 Å². The number of carbonyl (C=O) groups excluding carboxylic acids is 1. The number of benzene rings is 2. The van der Waals surface area contributed by atoms with Gasteiger partial charge in [0.2, 0.25) is 0 Å². The van der Waals surface area contributed by atoms with Crippen LogP contribution in [0.3, 0.4) is 0 Å². The molecule has 0 radical (unpaired) electrons. The number of halogens is 2. The van der Waals surface area contributed by atoms with Crippen LogP contribution in [0.15, 0.2) is 50.4 Å². The van der Waals surface area contributed by atoms with Crippen LogP contribution in [0.2, 0.25) is 0 Å². The van der Waals surface area contributed by atoms with E-state index in [0.717, 1.165) is 43.5 Å². The maximum Gasteiger partial charge on any atom is 0.307 e. The Kier molecular flexibility index (Phi) is 6.62. The Labute approximate surface area is 196 Å². The van der Waals surface area contributed by atoms with Gasteiger partial charge in [0.25, 0.3) is 0 Å². The number of ether oxygens (including phenoxy) is 1. The topological polar surface area (TPSA) is 67.1 Å². The normalized spacial score (nSPS) is 14.4. The van der Waals surface area contributed by atoms with Gasteiger partial charge in [-0.3, -0.25) is 4.79 Å². The standard InChI is InChI=1S/C22H21BrIN3O3/c1-29-19-12-17(27-7-3-2-4-8-27)6-5-14(19)13-25-26-22(28)20-10-15-9-16(23)11-18(24)21(15)30-20/h5-6,9-13H,2-4,7-8H2,1H3,(H,26,28)/b25-13-. The lowest BCUT2D eigenvalue weighted by Crippen LogP contribution is -2.29. The Morgan fingerprint density at radius 1 is 1.23 bits per heavy atom. The van der Waals surface area contributed by atoms with E-state index in [2.05, 4.69) is 60.0 Å². The average molecular weight is 582 g/mol. The zero-order valence-electron chi connectivity index (χ0n) is 16.5. The van der Waals surface area contributed by atoms with Gasteiger partial charge < -0.3 is 14.1 Å². The van der Waals surface area contributed by atoms with Gasteiger partial charge >= 0.3 is 5.91 Å². The van der Waals surface area contributed by atoms with Crippen molar-refractivity contribution in [2.24, 2.45) is 5.10 Å². The highest BCUT2D eigenvalue weighted by molar-refractivity contribution is 14.1. The molecular formula is C22H21BrIN3O3. The predicted octanol–water partition coefficient (Wildman–Crippen LogP) is 5.56. The zero-order chi connectivity index (χ0) is 21.1. The molecule has 0 saturated carbocycles. The van der Waals surface area contributed by atoms with Crippen molar-refractivity contribution in [1.82, 2.24) is 5.43 Å². The third-order valence-electron chi connectivity index (χ3n) is 5.07. The number of amides is 1. The lowest BCUT2D eigenvalue weighted by atomic mass is 10.1. The molecule has 1 aliphatic heterocycles. The van der Waals surface area contributed by atoms with E-state index in [4.69, 9.17) is 9.15 Å². The molecule has 4 rings (SSSR count). The van der Waals surface area contributed by atoms with Gasteiger partial charge in [-0.1, -0.05) is 15.9 Å². The van der Waals surface area contributed by atoms with Crippen LogP contribution in [0.4, 0.5) is 5.69 Å². The molecular weight excluding hydrogens is 561 g/mol. The molecule has 1 aliphatic rings. The molecule has 1 saturated heterocycles. The number of nitrogens with zero attached hydrogens (tertiary/aromatic N) is 2. The number of methoxy groups -OCH3 is 1. The molecule has 1 aromatic heterocycles. The summed E-state index contributed by atoms with van der Waals surface area (Å²) in [5, 5.41) is 4.95. The van der Waals surface area contributed by atoms with Crippen molar-refractivity contribution in [3.05, 3.63) is 55.8 Å². The highest BCUT2D eigenvalue weighted by Crippen LogP contribution is 2.29. The average Bonchev–Trinajstić information content (AvgIpc) is 3.19. The number of nitrogens with one attached hydrogen (secondary N) is 1. The highest BCUT2D eigenvalue weighted by Gasteiger charge is 2.15. The second-order valence-corrected chi connectivity index (χ2v) is 9.17. The van der Waals surface area contributed by atoms with Gasteiger partial charge in [0.05, 0.1) is 16.9 Å². The number of anilines is 1. The largest absolute Gasteiger partial charge is 0.496 e. The Morgan fingerprint density at radius 2 is 2.03 bits per heavy atom. The van der Waals surface area contributed by atoms with Gasteiger partial charge in [-0.15, -0.1) is 0 Å². The van der Waals surface area contributed by atoms with Gasteiger partial charge in [0.15, 0.2) is 5.76 Å². The smallest absolute Gasteiger partial charge is 0.307 e. The van der Waals surface area contributed by atoms with E-state index in [9.17, 15) is 4.79 Å². The number of hydrogen-bond acceptors (Lipinski definition) is 5. The molecule has 3 aromatic rings. The molecule has 0 bridgehead atoms. The molecule has 1 fully saturated rings. The van der Waals surface area contributed by atoms with E-state index in [1.54, 1.807) is 19.4 Å². The Bertz CT molecular complexity index is 1110. The molecule has 0 aliphatic carbocycles. The lowest BCUT2D eigenvalue weighted by Gasteiger charge is -2.29. The minimum absolute atomic E-state index is 0.213. The first-order valence-electron chi connectivity index (χ1n) is 9.70. The fourth-order valence-corrected chi connectivity index (χ4v) is 5.22. The summed E-state index contributed by atoms with van der Waals surface area (Å²) in [6, 6.07) is 11.6. The zero-order valence-corrected chi connectivity index (χ0v) is 20.2. The van der Waals surface area contributed by atoms with Crippen LogP contribution in [-0.2, 0) is 0 Å². The van der Waals surface area contributed by atoms with Gasteiger partial charge in [0, 0.05) is 40.3 Å².